The molecular weight excluding hydrogens is 142 g/mol. The van der Waals surface area contributed by atoms with Gasteiger partial charge in [-0.25, -0.2) is 0 Å². The monoisotopic (exact) mass is 155 g/mol. The molecule has 0 aliphatic heterocycles. The number of aliphatic hydroxyl groups excluding tert-OH is 1. The third-order valence-corrected chi connectivity index (χ3v) is 1.33. The average molecular weight is 155 g/mol. The lowest BCUT2D eigenvalue weighted by atomic mass is 10.1. The fourth-order valence-electron chi connectivity index (χ4n) is 0.913. The van der Waals surface area contributed by atoms with Crippen LogP contribution in [0.2, 0.25) is 0 Å². The second-order valence-electron chi connectivity index (χ2n) is 2.95. The van der Waals surface area contributed by atoms with E-state index in [0.29, 0.717) is 5.92 Å². The lowest BCUT2D eigenvalue weighted by molar-refractivity contribution is 0.177. The molecule has 0 amide bonds. The molecule has 0 saturated heterocycles. The van der Waals surface area contributed by atoms with Crippen molar-refractivity contribution in [1.82, 2.24) is 15.0 Å². The first-order valence-corrected chi connectivity index (χ1v) is 3.72. The van der Waals surface area contributed by atoms with Gasteiger partial charge in [-0.05, 0) is 12.3 Å². The van der Waals surface area contributed by atoms with Crippen LogP contribution in [0.5, 0.6) is 0 Å². The molecule has 1 heterocycles. The number of aromatic nitrogens is 3. The molecule has 0 aromatic carbocycles. The highest BCUT2D eigenvalue weighted by Crippen LogP contribution is 2.02. The lowest BCUT2D eigenvalue weighted by Gasteiger charge is -1.97. The summed E-state index contributed by atoms with van der Waals surface area (Å²) in [6, 6.07) is 0. The van der Waals surface area contributed by atoms with Gasteiger partial charge in [0.15, 0.2) is 6.73 Å². The first-order chi connectivity index (χ1) is 5.22. The third-order valence-electron chi connectivity index (χ3n) is 1.33. The first kappa shape index (κ1) is 8.20. The molecule has 0 atom stereocenters. The van der Waals surface area contributed by atoms with E-state index in [0.717, 1.165) is 12.1 Å². The highest BCUT2D eigenvalue weighted by molar-refractivity contribution is 4.91. The van der Waals surface area contributed by atoms with Crippen molar-refractivity contribution in [3.05, 3.63) is 11.9 Å². The first-order valence-electron chi connectivity index (χ1n) is 3.72. The van der Waals surface area contributed by atoms with Gasteiger partial charge in [-0.1, -0.05) is 13.8 Å². The van der Waals surface area contributed by atoms with Gasteiger partial charge < -0.3 is 5.11 Å². The molecule has 0 fully saturated rings. The molecule has 1 N–H and O–H groups in total. The summed E-state index contributed by atoms with van der Waals surface area (Å²) in [6.07, 6.45) is 2.61. The van der Waals surface area contributed by atoms with Crippen molar-refractivity contribution in [2.24, 2.45) is 5.92 Å². The molecule has 1 rings (SSSR count). The lowest BCUT2D eigenvalue weighted by Crippen LogP contribution is -2.02. The average Bonchev–Trinajstić information content (AvgIpc) is 2.34. The van der Waals surface area contributed by atoms with Gasteiger partial charge in [0.25, 0.3) is 0 Å². The van der Waals surface area contributed by atoms with Crippen molar-refractivity contribution in [2.45, 2.75) is 27.0 Å². The van der Waals surface area contributed by atoms with Crippen molar-refractivity contribution in [3.8, 4) is 0 Å². The number of rotatable bonds is 3. The Morgan fingerprint density at radius 2 is 2.36 bits per heavy atom. The molecule has 0 radical (unpaired) electrons. The molecule has 0 spiro atoms. The van der Waals surface area contributed by atoms with Crippen LogP contribution in [0.15, 0.2) is 6.20 Å². The number of nitrogens with zero attached hydrogens (tertiary/aromatic N) is 3. The van der Waals surface area contributed by atoms with Crippen LogP contribution in [-0.4, -0.2) is 20.1 Å². The van der Waals surface area contributed by atoms with Crippen LogP contribution >= 0.6 is 0 Å². The largest absolute Gasteiger partial charge is 0.373 e. The Labute approximate surface area is 65.8 Å². The summed E-state index contributed by atoms with van der Waals surface area (Å²) in [6.45, 7) is 4.11. The van der Waals surface area contributed by atoms with Gasteiger partial charge >= 0.3 is 0 Å². The molecule has 11 heavy (non-hydrogen) atoms. The highest BCUT2D eigenvalue weighted by atomic mass is 16.3. The Hall–Kier alpha value is -0.900. The molecule has 4 nitrogen and oxygen atoms in total. The van der Waals surface area contributed by atoms with E-state index >= 15 is 0 Å². The normalized spacial score (nSPS) is 10.9. The summed E-state index contributed by atoms with van der Waals surface area (Å²) in [4.78, 5) is 1.28. The Bertz CT molecular complexity index is 219. The van der Waals surface area contributed by atoms with Crippen molar-refractivity contribution in [1.29, 1.82) is 0 Å². The van der Waals surface area contributed by atoms with Gasteiger partial charge in [-0.2, -0.15) is 15.0 Å². The second-order valence-corrected chi connectivity index (χ2v) is 2.95. The highest BCUT2D eigenvalue weighted by Gasteiger charge is 2.01. The number of aliphatic hydroxyl groups is 1. The van der Waals surface area contributed by atoms with Gasteiger partial charge in [0, 0.05) is 0 Å². The zero-order chi connectivity index (χ0) is 8.27. The Morgan fingerprint density at radius 3 is 2.82 bits per heavy atom. The van der Waals surface area contributed by atoms with Crippen molar-refractivity contribution in [2.75, 3.05) is 0 Å². The zero-order valence-corrected chi connectivity index (χ0v) is 6.86. The van der Waals surface area contributed by atoms with Crippen LogP contribution < -0.4 is 0 Å². The topological polar surface area (TPSA) is 50.9 Å². The van der Waals surface area contributed by atoms with Crippen LogP contribution in [-0.2, 0) is 13.2 Å². The second kappa shape index (κ2) is 3.48. The minimum atomic E-state index is -0.141. The molecule has 0 aliphatic rings. The predicted molar refractivity (Wildman–Crippen MR) is 40.8 cm³/mol. The molecule has 62 valence electrons. The molecule has 1 aromatic heterocycles. The van der Waals surface area contributed by atoms with Crippen LogP contribution in [0.1, 0.15) is 19.5 Å². The molecule has 0 saturated carbocycles. The van der Waals surface area contributed by atoms with Gasteiger partial charge in [0.2, 0.25) is 0 Å². The van der Waals surface area contributed by atoms with Crippen molar-refractivity contribution < 1.29 is 5.11 Å². The summed E-state index contributed by atoms with van der Waals surface area (Å²) in [5, 5.41) is 16.5. The zero-order valence-electron chi connectivity index (χ0n) is 6.86. The minimum Gasteiger partial charge on any atom is -0.373 e. The fourth-order valence-corrected chi connectivity index (χ4v) is 0.913. The maximum Gasteiger partial charge on any atom is 0.155 e. The van der Waals surface area contributed by atoms with Crippen molar-refractivity contribution in [3.63, 3.8) is 0 Å². The minimum absolute atomic E-state index is 0.141. The fraction of sp³-hybridized carbons (Fsp3) is 0.714. The Balaban J connectivity index is 2.58. The van der Waals surface area contributed by atoms with Crippen LogP contribution in [0.25, 0.3) is 0 Å². The van der Waals surface area contributed by atoms with E-state index in [-0.39, 0.29) is 6.73 Å². The summed E-state index contributed by atoms with van der Waals surface area (Å²) in [5.41, 5.74) is 0.939. The van der Waals surface area contributed by atoms with Gasteiger partial charge in [0.05, 0.1) is 11.9 Å². The third kappa shape index (κ3) is 2.31. The SMILES string of the molecule is CC(C)Cc1cnn(CO)n1. The molecule has 0 bridgehead atoms. The molecule has 0 aliphatic carbocycles. The van der Waals surface area contributed by atoms with Crippen molar-refractivity contribution >= 4 is 0 Å². The van der Waals surface area contributed by atoms with Crippen LogP contribution in [0.3, 0.4) is 0 Å². The number of hydrogen-bond acceptors (Lipinski definition) is 3. The summed E-state index contributed by atoms with van der Waals surface area (Å²) >= 11 is 0. The van der Waals surface area contributed by atoms with E-state index in [1.54, 1.807) is 6.20 Å². The van der Waals surface area contributed by atoms with E-state index in [4.69, 9.17) is 5.11 Å². The Morgan fingerprint density at radius 1 is 1.64 bits per heavy atom. The van der Waals surface area contributed by atoms with E-state index in [1.807, 2.05) is 0 Å². The number of hydrogen-bond donors (Lipinski definition) is 1. The molecular formula is C7H13N3O. The maximum atomic E-state index is 8.62. The maximum absolute atomic E-state index is 8.62. The van der Waals surface area contributed by atoms with Gasteiger partial charge in [0.1, 0.15) is 0 Å². The summed E-state index contributed by atoms with van der Waals surface area (Å²) < 4.78 is 0. The smallest absolute Gasteiger partial charge is 0.155 e. The van der Waals surface area contributed by atoms with E-state index in [1.165, 1.54) is 4.80 Å². The predicted octanol–water partition coefficient (Wildman–Crippen LogP) is 0.426. The molecule has 1 aromatic rings. The quantitative estimate of drug-likeness (QED) is 0.688. The van der Waals surface area contributed by atoms with Gasteiger partial charge in [-0.15, -0.1) is 0 Å². The van der Waals surface area contributed by atoms with Crippen LogP contribution in [0.4, 0.5) is 0 Å². The van der Waals surface area contributed by atoms with E-state index in [2.05, 4.69) is 24.0 Å². The Kier molecular flexibility index (Phi) is 2.59. The van der Waals surface area contributed by atoms with Gasteiger partial charge in [-0.3, -0.25) is 0 Å². The summed E-state index contributed by atoms with van der Waals surface area (Å²) in [5.74, 6) is 0.582. The van der Waals surface area contributed by atoms with E-state index in [9.17, 15) is 0 Å². The molecule has 4 heteroatoms. The van der Waals surface area contributed by atoms with E-state index < -0.39 is 0 Å². The molecule has 0 unspecified atom stereocenters. The summed E-state index contributed by atoms with van der Waals surface area (Å²) in [7, 11) is 0. The standard InChI is InChI=1S/C7H13N3O/c1-6(2)3-7-4-8-10(5-11)9-7/h4,6,11H,3,5H2,1-2H3. The van der Waals surface area contributed by atoms with Crippen LogP contribution in [0, 0.1) is 5.92 Å².